The molecule has 2 aromatic carbocycles. The summed E-state index contributed by atoms with van der Waals surface area (Å²) in [6.07, 6.45) is 7.92. The molecule has 0 radical (unpaired) electrons. The Morgan fingerprint density at radius 2 is 1.62 bits per heavy atom. The average molecular weight is 435 g/mol. The van der Waals surface area contributed by atoms with Crippen LogP contribution in [0.2, 0.25) is 0 Å². The Bertz CT molecular complexity index is 1050. The van der Waals surface area contributed by atoms with Gasteiger partial charge in [0.2, 0.25) is 0 Å². The molecule has 0 unspecified atom stereocenters. The van der Waals surface area contributed by atoms with Gasteiger partial charge in [0.1, 0.15) is 18.2 Å². The van der Waals surface area contributed by atoms with Crippen LogP contribution in [0.3, 0.4) is 0 Å². The summed E-state index contributed by atoms with van der Waals surface area (Å²) in [5, 5.41) is 0. The Balaban J connectivity index is 1.27. The summed E-state index contributed by atoms with van der Waals surface area (Å²) in [5.74, 6) is 0.244. The molecule has 1 saturated carbocycles. The average Bonchev–Trinajstić information content (AvgIpc) is 3.34. The number of aromatic nitrogens is 1. The summed E-state index contributed by atoms with van der Waals surface area (Å²) >= 11 is 0. The molecule has 5 heteroatoms. The monoisotopic (exact) mass is 434 g/mol. The van der Waals surface area contributed by atoms with Crippen molar-refractivity contribution in [2.75, 3.05) is 7.05 Å². The van der Waals surface area contributed by atoms with Crippen molar-refractivity contribution >= 4 is 0 Å². The first kappa shape index (κ1) is 22.3. The summed E-state index contributed by atoms with van der Waals surface area (Å²) in [6, 6.07) is 18.9. The van der Waals surface area contributed by atoms with E-state index >= 15 is 0 Å². The number of halogens is 1. The molecule has 0 atom stereocenters. The highest BCUT2D eigenvalue weighted by atomic mass is 19.1. The van der Waals surface area contributed by atoms with Gasteiger partial charge in [0.25, 0.3) is 5.56 Å². The summed E-state index contributed by atoms with van der Waals surface area (Å²) < 4.78 is 20.4. The molecule has 168 valence electrons. The second-order valence-electron chi connectivity index (χ2n) is 8.73. The lowest BCUT2D eigenvalue weighted by Crippen LogP contribution is -2.28. The van der Waals surface area contributed by atoms with E-state index in [0.717, 1.165) is 24.6 Å². The zero-order valence-corrected chi connectivity index (χ0v) is 18.7. The van der Waals surface area contributed by atoms with Crippen molar-refractivity contribution in [1.29, 1.82) is 0 Å². The van der Waals surface area contributed by atoms with Crippen LogP contribution in [0.15, 0.2) is 71.7 Å². The number of nitrogens with zero attached hydrogens (tertiary/aromatic N) is 2. The highest BCUT2D eigenvalue weighted by molar-refractivity contribution is 5.23. The smallest absolute Gasteiger partial charge is 0.254 e. The minimum atomic E-state index is -0.276. The van der Waals surface area contributed by atoms with Gasteiger partial charge in [0.05, 0.1) is 0 Å². The predicted octanol–water partition coefficient (Wildman–Crippen LogP) is 5.18. The third kappa shape index (κ3) is 6.07. The number of pyridine rings is 1. The fourth-order valence-corrected chi connectivity index (χ4v) is 4.33. The first-order valence-electron chi connectivity index (χ1n) is 11.4. The fraction of sp³-hybridized carbons (Fsp3) is 0.370. The number of ether oxygens (including phenoxy) is 1. The molecule has 4 rings (SSSR count). The minimum Gasteiger partial charge on any atom is -0.489 e. The topological polar surface area (TPSA) is 34.5 Å². The number of aryl methyl sites for hydroxylation is 2. The van der Waals surface area contributed by atoms with Gasteiger partial charge in [-0.1, -0.05) is 49.2 Å². The molecule has 1 aliphatic rings. The predicted molar refractivity (Wildman–Crippen MR) is 125 cm³/mol. The molecule has 4 nitrogen and oxygen atoms in total. The van der Waals surface area contributed by atoms with Crippen molar-refractivity contribution in [3.05, 3.63) is 99.7 Å². The SMILES string of the molecule is CN(Cc1ccc(CCn2ccc(OCc3ccc(F)cc3)cc2=O)cc1)C1CCCC1. The Morgan fingerprint density at radius 3 is 2.31 bits per heavy atom. The van der Waals surface area contributed by atoms with Gasteiger partial charge in [0.15, 0.2) is 0 Å². The van der Waals surface area contributed by atoms with Crippen LogP contribution in [-0.2, 0) is 26.1 Å². The van der Waals surface area contributed by atoms with Crippen molar-refractivity contribution in [3.63, 3.8) is 0 Å². The molecule has 0 bridgehead atoms. The Hall–Kier alpha value is -2.92. The summed E-state index contributed by atoms with van der Waals surface area (Å²) in [6.45, 7) is 1.91. The quantitative estimate of drug-likeness (QED) is 0.465. The lowest BCUT2D eigenvalue weighted by Gasteiger charge is -2.24. The second-order valence-corrected chi connectivity index (χ2v) is 8.73. The normalized spacial score (nSPS) is 14.2. The number of rotatable bonds is 9. The standard InChI is InChI=1S/C27H31FN2O2/c1-29(25-4-2-3-5-25)19-22-8-6-21(7-9-22)14-16-30-17-15-26(18-27(30)31)32-20-23-10-12-24(28)13-11-23/h6-13,15,17-18,25H,2-5,14,16,19-20H2,1H3. The zero-order chi connectivity index (χ0) is 22.3. The van der Waals surface area contributed by atoms with E-state index in [0.29, 0.717) is 18.9 Å². The van der Waals surface area contributed by atoms with E-state index in [2.05, 4.69) is 36.2 Å². The van der Waals surface area contributed by atoms with Crippen molar-refractivity contribution in [2.45, 2.75) is 57.8 Å². The molecule has 0 amide bonds. The lowest BCUT2D eigenvalue weighted by atomic mass is 10.1. The zero-order valence-electron chi connectivity index (χ0n) is 18.7. The van der Waals surface area contributed by atoms with Crippen LogP contribution in [0.5, 0.6) is 5.75 Å². The van der Waals surface area contributed by atoms with Gasteiger partial charge in [-0.2, -0.15) is 0 Å². The molecule has 3 aromatic rings. The van der Waals surface area contributed by atoms with Gasteiger partial charge in [-0.05, 0) is 61.2 Å². The van der Waals surface area contributed by atoms with E-state index in [1.807, 2.05) is 0 Å². The van der Waals surface area contributed by atoms with Crippen molar-refractivity contribution in [3.8, 4) is 5.75 Å². The highest BCUT2D eigenvalue weighted by Gasteiger charge is 2.19. The molecule has 1 heterocycles. The Labute approximate surface area is 189 Å². The van der Waals surface area contributed by atoms with Gasteiger partial charge in [-0.25, -0.2) is 4.39 Å². The first-order chi connectivity index (χ1) is 15.6. The lowest BCUT2D eigenvalue weighted by molar-refractivity contribution is 0.237. The largest absolute Gasteiger partial charge is 0.489 e. The van der Waals surface area contributed by atoms with Crippen LogP contribution in [0, 0.1) is 5.82 Å². The fourth-order valence-electron chi connectivity index (χ4n) is 4.33. The second kappa shape index (κ2) is 10.6. The Kier molecular flexibility index (Phi) is 7.38. The van der Waals surface area contributed by atoms with E-state index in [-0.39, 0.29) is 11.4 Å². The van der Waals surface area contributed by atoms with Crippen LogP contribution >= 0.6 is 0 Å². The van der Waals surface area contributed by atoms with Crippen molar-refractivity contribution in [1.82, 2.24) is 9.47 Å². The first-order valence-corrected chi connectivity index (χ1v) is 11.4. The summed E-state index contributed by atoms with van der Waals surface area (Å²) in [5.41, 5.74) is 3.33. The van der Waals surface area contributed by atoms with E-state index in [4.69, 9.17) is 4.74 Å². The summed E-state index contributed by atoms with van der Waals surface area (Å²) in [7, 11) is 2.23. The van der Waals surface area contributed by atoms with Crippen LogP contribution in [0.25, 0.3) is 0 Å². The van der Waals surface area contributed by atoms with Gasteiger partial charge < -0.3 is 9.30 Å². The van der Waals surface area contributed by atoms with E-state index in [1.165, 1.54) is 55.0 Å². The maximum absolute atomic E-state index is 13.0. The molecule has 0 N–H and O–H groups in total. The van der Waals surface area contributed by atoms with Gasteiger partial charge >= 0.3 is 0 Å². The molecule has 1 fully saturated rings. The third-order valence-electron chi connectivity index (χ3n) is 6.33. The van der Waals surface area contributed by atoms with Crippen molar-refractivity contribution < 1.29 is 9.13 Å². The maximum atomic E-state index is 13.0. The third-order valence-corrected chi connectivity index (χ3v) is 6.33. The number of hydrogen-bond acceptors (Lipinski definition) is 3. The molecule has 0 saturated heterocycles. The molecular weight excluding hydrogens is 403 g/mol. The van der Waals surface area contributed by atoms with Gasteiger partial charge in [0, 0.05) is 31.4 Å². The Morgan fingerprint density at radius 1 is 0.969 bits per heavy atom. The van der Waals surface area contributed by atoms with E-state index in [1.54, 1.807) is 29.0 Å². The number of benzene rings is 2. The highest BCUT2D eigenvalue weighted by Crippen LogP contribution is 2.23. The molecular formula is C27H31FN2O2. The van der Waals surface area contributed by atoms with Crippen LogP contribution < -0.4 is 10.3 Å². The minimum absolute atomic E-state index is 0.0867. The molecule has 1 aromatic heterocycles. The maximum Gasteiger partial charge on any atom is 0.254 e. The summed E-state index contributed by atoms with van der Waals surface area (Å²) in [4.78, 5) is 14.9. The van der Waals surface area contributed by atoms with Crippen molar-refractivity contribution in [2.24, 2.45) is 0 Å². The molecule has 1 aliphatic carbocycles. The van der Waals surface area contributed by atoms with E-state index in [9.17, 15) is 9.18 Å². The molecule has 0 aliphatic heterocycles. The van der Waals surface area contributed by atoms with Crippen LogP contribution in [0.1, 0.15) is 42.4 Å². The van der Waals surface area contributed by atoms with E-state index < -0.39 is 0 Å². The van der Waals surface area contributed by atoms with Crippen LogP contribution in [-0.4, -0.2) is 22.6 Å². The molecule has 0 spiro atoms. The number of hydrogen-bond donors (Lipinski definition) is 0. The van der Waals surface area contributed by atoms with Crippen LogP contribution in [0.4, 0.5) is 4.39 Å². The van der Waals surface area contributed by atoms with Gasteiger partial charge in [-0.3, -0.25) is 9.69 Å². The van der Waals surface area contributed by atoms with Gasteiger partial charge in [-0.15, -0.1) is 0 Å². The molecule has 32 heavy (non-hydrogen) atoms.